The Morgan fingerprint density at radius 1 is 1.24 bits per heavy atom. The molecule has 5 heteroatoms. The molecule has 2 N–H and O–H groups in total. The molecule has 0 amide bonds. The van der Waals surface area contributed by atoms with Gasteiger partial charge >= 0.3 is 0 Å². The van der Waals surface area contributed by atoms with Gasteiger partial charge in [0.2, 0.25) is 0 Å². The molecule has 0 bridgehead atoms. The molecule has 1 aromatic heterocycles. The largest absolute Gasteiger partial charge is 0.486 e. The van der Waals surface area contributed by atoms with Crippen molar-refractivity contribution in [1.82, 2.24) is 0 Å². The molecule has 0 saturated heterocycles. The predicted octanol–water partition coefficient (Wildman–Crippen LogP) is 2.60. The number of ether oxygens (including phenoxy) is 1. The standard InChI is InChI=1S/C12H11F2NO2/c13-9-1-2-11(10(14)5-9)17-7-8-3-4-16-12(8)6-15/h1-5H,6-7,15H2. The summed E-state index contributed by atoms with van der Waals surface area (Å²) < 4.78 is 36.2. The van der Waals surface area contributed by atoms with E-state index in [0.29, 0.717) is 5.76 Å². The Hall–Kier alpha value is -1.88. The van der Waals surface area contributed by atoms with Gasteiger partial charge in [0.1, 0.15) is 18.2 Å². The van der Waals surface area contributed by atoms with Gasteiger partial charge in [0.05, 0.1) is 12.8 Å². The highest BCUT2D eigenvalue weighted by Gasteiger charge is 2.08. The number of nitrogens with two attached hydrogens (primary N) is 1. The van der Waals surface area contributed by atoms with E-state index in [1.54, 1.807) is 6.07 Å². The van der Waals surface area contributed by atoms with Crippen LogP contribution in [-0.2, 0) is 13.2 Å². The molecule has 2 rings (SSSR count). The van der Waals surface area contributed by atoms with E-state index in [0.717, 1.165) is 17.7 Å². The smallest absolute Gasteiger partial charge is 0.167 e. The van der Waals surface area contributed by atoms with Crippen LogP contribution in [0, 0.1) is 11.6 Å². The van der Waals surface area contributed by atoms with E-state index in [4.69, 9.17) is 14.9 Å². The number of hydrogen-bond donors (Lipinski definition) is 1. The third-order valence-electron chi connectivity index (χ3n) is 2.30. The molecular formula is C12H11F2NO2. The highest BCUT2D eigenvalue weighted by molar-refractivity contribution is 5.25. The van der Waals surface area contributed by atoms with Gasteiger partial charge in [-0.3, -0.25) is 0 Å². The number of benzene rings is 1. The van der Waals surface area contributed by atoms with E-state index in [1.807, 2.05) is 0 Å². The van der Waals surface area contributed by atoms with Crippen molar-refractivity contribution in [3.8, 4) is 5.75 Å². The molecule has 0 unspecified atom stereocenters. The van der Waals surface area contributed by atoms with E-state index in [-0.39, 0.29) is 18.9 Å². The Labute approximate surface area is 96.8 Å². The summed E-state index contributed by atoms with van der Waals surface area (Å²) in [5.41, 5.74) is 6.19. The van der Waals surface area contributed by atoms with Crippen molar-refractivity contribution in [3.63, 3.8) is 0 Å². The van der Waals surface area contributed by atoms with Gasteiger partial charge in [0.25, 0.3) is 0 Å². The van der Waals surface area contributed by atoms with E-state index < -0.39 is 11.6 Å². The van der Waals surface area contributed by atoms with Gasteiger partial charge in [-0.2, -0.15) is 0 Å². The lowest BCUT2D eigenvalue weighted by Crippen LogP contribution is -2.02. The first-order valence-electron chi connectivity index (χ1n) is 5.04. The maximum atomic E-state index is 13.2. The topological polar surface area (TPSA) is 48.4 Å². The van der Waals surface area contributed by atoms with Gasteiger partial charge in [-0.25, -0.2) is 8.78 Å². The maximum Gasteiger partial charge on any atom is 0.167 e. The third kappa shape index (κ3) is 2.62. The SMILES string of the molecule is NCc1occc1COc1ccc(F)cc1F. The predicted molar refractivity (Wildman–Crippen MR) is 57.3 cm³/mol. The molecule has 0 fully saturated rings. The molecule has 2 aromatic rings. The molecule has 90 valence electrons. The summed E-state index contributed by atoms with van der Waals surface area (Å²) in [6.45, 7) is 0.378. The fourth-order valence-corrected chi connectivity index (χ4v) is 1.42. The zero-order chi connectivity index (χ0) is 12.3. The first kappa shape index (κ1) is 11.6. The van der Waals surface area contributed by atoms with Crippen molar-refractivity contribution in [2.75, 3.05) is 0 Å². The molecular weight excluding hydrogens is 228 g/mol. The second-order valence-corrected chi connectivity index (χ2v) is 3.44. The highest BCUT2D eigenvalue weighted by Crippen LogP contribution is 2.20. The number of hydrogen-bond acceptors (Lipinski definition) is 3. The van der Waals surface area contributed by atoms with Gasteiger partial charge in [-0.05, 0) is 18.2 Å². The minimum atomic E-state index is -0.734. The molecule has 0 radical (unpaired) electrons. The Kier molecular flexibility index (Phi) is 3.39. The lowest BCUT2D eigenvalue weighted by atomic mass is 10.2. The van der Waals surface area contributed by atoms with Crippen LogP contribution in [-0.4, -0.2) is 0 Å². The second kappa shape index (κ2) is 4.97. The van der Waals surface area contributed by atoms with E-state index in [9.17, 15) is 8.78 Å². The van der Waals surface area contributed by atoms with Crippen molar-refractivity contribution >= 4 is 0 Å². The summed E-state index contributed by atoms with van der Waals surface area (Å²) in [5, 5.41) is 0. The van der Waals surface area contributed by atoms with Crippen LogP contribution >= 0.6 is 0 Å². The molecule has 1 aromatic carbocycles. The van der Waals surface area contributed by atoms with Gasteiger partial charge in [-0.15, -0.1) is 0 Å². The number of rotatable bonds is 4. The Morgan fingerprint density at radius 2 is 2.06 bits per heavy atom. The van der Waals surface area contributed by atoms with Gasteiger partial charge in [0.15, 0.2) is 11.6 Å². The summed E-state index contributed by atoms with van der Waals surface area (Å²) in [6.07, 6.45) is 1.49. The molecule has 3 nitrogen and oxygen atoms in total. The van der Waals surface area contributed by atoms with Crippen LogP contribution in [0.2, 0.25) is 0 Å². The van der Waals surface area contributed by atoms with Gasteiger partial charge in [0, 0.05) is 11.6 Å². The molecule has 0 aliphatic heterocycles. The van der Waals surface area contributed by atoms with Crippen LogP contribution in [0.15, 0.2) is 34.9 Å². The summed E-state index contributed by atoms with van der Waals surface area (Å²) in [7, 11) is 0. The van der Waals surface area contributed by atoms with Crippen LogP contribution in [0.3, 0.4) is 0 Å². The highest BCUT2D eigenvalue weighted by atomic mass is 19.1. The molecule has 0 aliphatic carbocycles. The summed E-state index contributed by atoms with van der Waals surface area (Å²) in [5.74, 6) is -0.785. The molecule has 0 spiro atoms. The lowest BCUT2D eigenvalue weighted by Gasteiger charge is -2.06. The van der Waals surface area contributed by atoms with Crippen molar-refractivity contribution in [2.24, 2.45) is 5.73 Å². The second-order valence-electron chi connectivity index (χ2n) is 3.44. The van der Waals surface area contributed by atoms with E-state index in [1.165, 1.54) is 12.3 Å². The Balaban J connectivity index is 2.07. The molecule has 1 heterocycles. The molecule has 0 aliphatic rings. The first-order chi connectivity index (χ1) is 8.20. The number of furan rings is 1. The Bertz CT molecular complexity index is 511. The minimum absolute atomic E-state index is 0.00410. The summed E-state index contributed by atoms with van der Waals surface area (Å²) in [6, 6.07) is 4.85. The van der Waals surface area contributed by atoms with Crippen molar-refractivity contribution < 1.29 is 17.9 Å². The first-order valence-corrected chi connectivity index (χ1v) is 5.04. The average Bonchev–Trinajstić information content (AvgIpc) is 2.75. The Morgan fingerprint density at radius 3 is 2.76 bits per heavy atom. The van der Waals surface area contributed by atoms with E-state index in [2.05, 4.69) is 0 Å². The van der Waals surface area contributed by atoms with Crippen LogP contribution in [0.4, 0.5) is 8.78 Å². The summed E-state index contributed by atoms with van der Waals surface area (Å²) >= 11 is 0. The summed E-state index contributed by atoms with van der Waals surface area (Å²) in [4.78, 5) is 0. The monoisotopic (exact) mass is 239 g/mol. The van der Waals surface area contributed by atoms with Crippen LogP contribution in [0.1, 0.15) is 11.3 Å². The molecule has 0 saturated carbocycles. The van der Waals surface area contributed by atoms with Crippen LogP contribution in [0.5, 0.6) is 5.75 Å². The van der Waals surface area contributed by atoms with Crippen molar-refractivity contribution in [3.05, 3.63) is 53.5 Å². The average molecular weight is 239 g/mol. The van der Waals surface area contributed by atoms with E-state index >= 15 is 0 Å². The lowest BCUT2D eigenvalue weighted by molar-refractivity contribution is 0.286. The normalized spacial score (nSPS) is 10.5. The quantitative estimate of drug-likeness (QED) is 0.892. The minimum Gasteiger partial charge on any atom is -0.486 e. The molecule has 17 heavy (non-hydrogen) atoms. The van der Waals surface area contributed by atoms with Gasteiger partial charge in [-0.1, -0.05) is 0 Å². The third-order valence-corrected chi connectivity index (χ3v) is 2.30. The fourth-order valence-electron chi connectivity index (χ4n) is 1.42. The number of halogens is 2. The van der Waals surface area contributed by atoms with Gasteiger partial charge < -0.3 is 14.9 Å². The zero-order valence-corrected chi connectivity index (χ0v) is 8.95. The van der Waals surface area contributed by atoms with Crippen LogP contribution < -0.4 is 10.5 Å². The van der Waals surface area contributed by atoms with Crippen molar-refractivity contribution in [1.29, 1.82) is 0 Å². The van der Waals surface area contributed by atoms with Crippen LogP contribution in [0.25, 0.3) is 0 Å². The maximum absolute atomic E-state index is 13.2. The zero-order valence-electron chi connectivity index (χ0n) is 8.95. The molecule has 0 atom stereocenters. The van der Waals surface area contributed by atoms with Crippen molar-refractivity contribution in [2.45, 2.75) is 13.2 Å². The fraction of sp³-hybridized carbons (Fsp3) is 0.167.